The Bertz CT molecular complexity index is 1280. The summed E-state index contributed by atoms with van der Waals surface area (Å²) in [7, 11) is 0. The van der Waals surface area contributed by atoms with Gasteiger partial charge in [0.25, 0.3) is 0 Å². The summed E-state index contributed by atoms with van der Waals surface area (Å²) in [6, 6.07) is 9.59. The molecule has 0 radical (unpaired) electrons. The molecule has 9 nitrogen and oxygen atoms in total. The van der Waals surface area contributed by atoms with E-state index in [0.29, 0.717) is 22.3 Å². The van der Waals surface area contributed by atoms with Crippen molar-refractivity contribution in [3.05, 3.63) is 64.7 Å². The molecule has 6 N–H and O–H groups in total. The molecule has 33 heavy (non-hydrogen) atoms. The molecule has 0 saturated heterocycles. The van der Waals surface area contributed by atoms with Gasteiger partial charge < -0.3 is 40.1 Å². The van der Waals surface area contributed by atoms with Crippen molar-refractivity contribution in [2.75, 3.05) is 0 Å². The Hall–Kier alpha value is -4.11. The lowest BCUT2D eigenvalue weighted by molar-refractivity contribution is -0.135. The summed E-state index contributed by atoms with van der Waals surface area (Å²) in [5.41, 5.74) is 1.62. The Morgan fingerprint density at radius 2 is 1.39 bits per heavy atom. The average molecular weight is 452 g/mol. The average Bonchev–Trinajstić information content (AvgIpc) is 2.77. The minimum atomic E-state index is -1.08. The van der Waals surface area contributed by atoms with E-state index in [-0.39, 0.29) is 53.1 Å². The lowest BCUT2D eigenvalue weighted by atomic mass is 9.82. The first kappa shape index (κ1) is 20.8. The van der Waals surface area contributed by atoms with Crippen LogP contribution in [-0.4, -0.2) is 42.7 Å². The number of carbonyl (C=O) groups is 1. The number of ether oxygens (including phenoxy) is 2. The molecule has 9 heteroatoms. The predicted octanol–water partition coefficient (Wildman–Crippen LogP) is 2.69. The molecule has 0 amide bonds. The van der Waals surface area contributed by atoms with Crippen LogP contribution >= 0.6 is 0 Å². The molecular formula is C24H20O9. The third kappa shape index (κ3) is 3.42. The Labute approximate surface area is 187 Å². The van der Waals surface area contributed by atoms with Crippen LogP contribution in [0.4, 0.5) is 0 Å². The summed E-state index contributed by atoms with van der Waals surface area (Å²) in [5.74, 6) is -2.46. The van der Waals surface area contributed by atoms with Crippen molar-refractivity contribution in [2.45, 2.75) is 31.0 Å². The topological polar surface area (TPSA) is 157 Å². The second-order valence-electron chi connectivity index (χ2n) is 8.15. The van der Waals surface area contributed by atoms with Crippen LogP contribution in [0.3, 0.4) is 0 Å². The minimum absolute atomic E-state index is 0.0328. The molecule has 170 valence electrons. The van der Waals surface area contributed by atoms with Crippen LogP contribution in [0.25, 0.3) is 0 Å². The number of aromatic hydroxyl groups is 5. The first-order valence-corrected chi connectivity index (χ1v) is 10.2. The summed E-state index contributed by atoms with van der Waals surface area (Å²) in [5, 5.41) is 60.5. The number of esters is 1. The number of aliphatic hydroxyl groups excluding tert-OH is 1. The van der Waals surface area contributed by atoms with Crippen molar-refractivity contribution in [1.82, 2.24) is 0 Å². The summed E-state index contributed by atoms with van der Waals surface area (Å²) in [4.78, 5) is 12.4. The van der Waals surface area contributed by atoms with Crippen LogP contribution in [0.15, 0.2) is 42.5 Å². The Morgan fingerprint density at radius 1 is 0.758 bits per heavy atom. The fraction of sp³-hybridized carbons (Fsp3) is 0.208. The van der Waals surface area contributed by atoms with Crippen LogP contribution in [0.2, 0.25) is 0 Å². The Morgan fingerprint density at radius 3 is 2.06 bits per heavy atom. The molecule has 2 heterocycles. The zero-order valence-corrected chi connectivity index (χ0v) is 17.1. The van der Waals surface area contributed by atoms with E-state index in [1.54, 1.807) is 6.07 Å². The molecule has 2 aliphatic heterocycles. The van der Waals surface area contributed by atoms with E-state index in [0.717, 1.165) is 0 Å². The molecule has 5 rings (SSSR count). The van der Waals surface area contributed by atoms with Crippen molar-refractivity contribution in [3.63, 3.8) is 0 Å². The van der Waals surface area contributed by atoms with Gasteiger partial charge in [-0.25, -0.2) is 0 Å². The molecule has 0 fully saturated rings. The lowest BCUT2D eigenvalue weighted by Gasteiger charge is -2.35. The normalized spacial score (nSPS) is 21.5. The summed E-state index contributed by atoms with van der Waals surface area (Å²) in [6.07, 6.45) is -2.04. The first-order valence-electron chi connectivity index (χ1n) is 10.2. The predicted molar refractivity (Wildman–Crippen MR) is 113 cm³/mol. The molecule has 3 unspecified atom stereocenters. The van der Waals surface area contributed by atoms with Gasteiger partial charge >= 0.3 is 5.97 Å². The van der Waals surface area contributed by atoms with Gasteiger partial charge in [0, 0.05) is 29.5 Å². The number of hydrogen-bond acceptors (Lipinski definition) is 9. The molecule has 0 bridgehead atoms. The van der Waals surface area contributed by atoms with Gasteiger partial charge in [0.05, 0.1) is 12.5 Å². The number of fused-ring (bicyclic) bond motifs is 3. The number of benzene rings is 3. The van der Waals surface area contributed by atoms with Crippen LogP contribution in [0, 0.1) is 0 Å². The zero-order chi connectivity index (χ0) is 23.4. The van der Waals surface area contributed by atoms with Gasteiger partial charge in [-0.3, -0.25) is 4.79 Å². The van der Waals surface area contributed by atoms with Crippen LogP contribution < -0.4 is 9.47 Å². The number of hydrogen-bond donors (Lipinski definition) is 6. The molecule has 3 aromatic carbocycles. The number of carbonyl (C=O) groups excluding carboxylic acids is 1. The monoisotopic (exact) mass is 452 g/mol. The number of aliphatic hydroxyl groups is 1. The van der Waals surface area contributed by atoms with E-state index in [1.807, 2.05) is 0 Å². The Balaban J connectivity index is 1.59. The third-order valence-electron chi connectivity index (χ3n) is 6.04. The Kier molecular flexibility index (Phi) is 4.71. The fourth-order valence-corrected chi connectivity index (χ4v) is 4.44. The highest BCUT2D eigenvalue weighted by molar-refractivity contribution is 5.80. The third-order valence-corrected chi connectivity index (χ3v) is 6.04. The van der Waals surface area contributed by atoms with E-state index in [9.17, 15) is 35.4 Å². The van der Waals surface area contributed by atoms with Gasteiger partial charge in [-0.2, -0.15) is 0 Å². The second kappa shape index (κ2) is 7.49. The van der Waals surface area contributed by atoms with Gasteiger partial charge in [0.2, 0.25) is 0 Å². The summed E-state index contributed by atoms with van der Waals surface area (Å²) in [6.45, 7) is 0. The maximum atomic E-state index is 12.4. The van der Waals surface area contributed by atoms with Gasteiger partial charge in [0.15, 0.2) is 23.0 Å². The number of rotatable bonds is 2. The quantitative estimate of drug-likeness (QED) is 0.195. The smallest absolute Gasteiger partial charge is 0.312 e. The van der Waals surface area contributed by atoms with Crippen molar-refractivity contribution < 1.29 is 44.9 Å². The molecular weight excluding hydrogens is 432 g/mol. The van der Waals surface area contributed by atoms with Crippen LogP contribution in [-0.2, 0) is 11.2 Å². The minimum Gasteiger partial charge on any atom is -0.507 e. The first-order chi connectivity index (χ1) is 15.7. The van der Waals surface area contributed by atoms with Crippen molar-refractivity contribution in [3.8, 4) is 40.2 Å². The van der Waals surface area contributed by atoms with Crippen molar-refractivity contribution in [2.24, 2.45) is 0 Å². The van der Waals surface area contributed by atoms with E-state index in [2.05, 4.69) is 0 Å². The van der Waals surface area contributed by atoms with Crippen LogP contribution in [0.1, 0.15) is 40.7 Å². The van der Waals surface area contributed by atoms with Crippen molar-refractivity contribution >= 4 is 5.97 Å². The highest BCUT2D eigenvalue weighted by Crippen LogP contribution is 2.52. The lowest BCUT2D eigenvalue weighted by Crippen LogP contribution is -2.32. The fourth-order valence-electron chi connectivity index (χ4n) is 4.44. The second-order valence-corrected chi connectivity index (χ2v) is 8.15. The maximum absolute atomic E-state index is 12.4. The molecule has 0 saturated carbocycles. The standard InChI is InChI=1S/C24H20O9/c25-14-3-1-10(5-16(14)27)12-8-21(31)33-24-13-7-19(30)23(11-2-4-15(26)17(28)6-11)32-20(13)9-18(29)22(12)24/h1-6,9,12,19,23,25-30H,7-8H2. The zero-order valence-electron chi connectivity index (χ0n) is 17.1. The highest BCUT2D eigenvalue weighted by atomic mass is 16.5. The van der Waals surface area contributed by atoms with Gasteiger partial charge in [0.1, 0.15) is 23.4 Å². The van der Waals surface area contributed by atoms with Gasteiger partial charge in [-0.15, -0.1) is 0 Å². The van der Waals surface area contributed by atoms with E-state index in [1.165, 1.54) is 36.4 Å². The molecule has 0 aliphatic carbocycles. The summed E-state index contributed by atoms with van der Waals surface area (Å²) < 4.78 is 11.4. The SMILES string of the molecule is O=C1CC(c2ccc(O)c(O)c2)c2c(O)cc3c(c2O1)CC(O)C(c1ccc(O)c(O)c1)O3. The molecule has 0 aromatic heterocycles. The molecule has 3 atom stereocenters. The number of phenols is 5. The van der Waals surface area contributed by atoms with Crippen LogP contribution in [0.5, 0.6) is 40.2 Å². The van der Waals surface area contributed by atoms with E-state index >= 15 is 0 Å². The largest absolute Gasteiger partial charge is 0.507 e. The maximum Gasteiger partial charge on any atom is 0.312 e. The molecule has 2 aliphatic rings. The molecule has 0 spiro atoms. The van der Waals surface area contributed by atoms with Gasteiger partial charge in [-0.1, -0.05) is 12.1 Å². The summed E-state index contributed by atoms with van der Waals surface area (Å²) >= 11 is 0. The van der Waals surface area contributed by atoms with E-state index < -0.39 is 24.1 Å². The van der Waals surface area contributed by atoms with Gasteiger partial charge in [-0.05, 0) is 35.4 Å². The number of phenolic OH excluding ortho intramolecular Hbond substituents is 5. The molecule has 3 aromatic rings. The van der Waals surface area contributed by atoms with E-state index in [4.69, 9.17) is 9.47 Å². The van der Waals surface area contributed by atoms with Crippen molar-refractivity contribution in [1.29, 1.82) is 0 Å². The highest BCUT2D eigenvalue weighted by Gasteiger charge is 2.39.